The largest absolute Gasteiger partial charge is 0.350 e. The molecule has 2 heterocycles. The predicted octanol–water partition coefficient (Wildman–Crippen LogP) is 2.99. The van der Waals surface area contributed by atoms with E-state index in [0.717, 1.165) is 12.5 Å². The van der Waals surface area contributed by atoms with Crippen molar-refractivity contribution in [1.29, 1.82) is 0 Å². The number of imidazole rings is 1. The molecule has 5 heteroatoms. The third kappa shape index (κ3) is 4.69. The van der Waals surface area contributed by atoms with Crippen LogP contribution in [-0.4, -0.2) is 33.4 Å². The molecule has 1 aromatic carbocycles. The second-order valence-electron chi connectivity index (χ2n) is 7.15. The van der Waals surface area contributed by atoms with Gasteiger partial charge in [0.1, 0.15) is 6.04 Å². The van der Waals surface area contributed by atoms with Gasteiger partial charge in [-0.1, -0.05) is 31.2 Å². The van der Waals surface area contributed by atoms with Gasteiger partial charge in [0.25, 0.3) is 0 Å². The van der Waals surface area contributed by atoms with E-state index in [0.29, 0.717) is 6.54 Å². The summed E-state index contributed by atoms with van der Waals surface area (Å²) in [4.78, 5) is 18.9. The quantitative estimate of drug-likeness (QED) is 0.879. The van der Waals surface area contributed by atoms with E-state index in [-0.39, 0.29) is 11.9 Å². The van der Waals surface area contributed by atoms with Crippen LogP contribution < -0.4 is 5.32 Å². The van der Waals surface area contributed by atoms with E-state index in [2.05, 4.69) is 40.3 Å². The number of rotatable bonds is 6. The molecule has 1 fully saturated rings. The lowest BCUT2D eigenvalue weighted by Crippen LogP contribution is -2.34. The van der Waals surface area contributed by atoms with Gasteiger partial charge in [-0.3, -0.25) is 9.69 Å². The first-order chi connectivity index (χ1) is 12.1. The molecule has 0 aliphatic carbocycles. The summed E-state index contributed by atoms with van der Waals surface area (Å²) < 4.78 is 1.82. The Kier molecular flexibility index (Phi) is 5.87. The number of nitrogens with zero attached hydrogens (tertiary/aromatic N) is 3. The van der Waals surface area contributed by atoms with Gasteiger partial charge in [-0.2, -0.15) is 0 Å². The maximum Gasteiger partial charge on any atom is 0.243 e. The SMILES string of the molecule is CC1CCCN(Cc2ccccc2CNC(=O)C(C)n2ccnc2)C1. The summed E-state index contributed by atoms with van der Waals surface area (Å²) in [5, 5.41) is 3.07. The molecule has 1 aliphatic heterocycles. The zero-order chi connectivity index (χ0) is 17.6. The first kappa shape index (κ1) is 17.7. The highest BCUT2D eigenvalue weighted by atomic mass is 16.2. The first-order valence-corrected chi connectivity index (χ1v) is 9.18. The van der Waals surface area contributed by atoms with Crippen molar-refractivity contribution in [3.05, 3.63) is 54.1 Å². The first-order valence-electron chi connectivity index (χ1n) is 9.18. The summed E-state index contributed by atoms with van der Waals surface area (Å²) in [5.74, 6) is 0.788. The number of carbonyl (C=O) groups is 1. The van der Waals surface area contributed by atoms with E-state index in [1.54, 1.807) is 12.5 Å². The van der Waals surface area contributed by atoms with E-state index in [1.807, 2.05) is 23.8 Å². The molecule has 2 atom stereocenters. The maximum absolute atomic E-state index is 12.4. The zero-order valence-electron chi connectivity index (χ0n) is 15.2. The van der Waals surface area contributed by atoms with Gasteiger partial charge < -0.3 is 9.88 Å². The van der Waals surface area contributed by atoms with Crippen LogP contribution in [0.3, 0.4) is 0 Å². The Morgan fingerprint density at radius 3 is 2.88 bits per heavy atom. The lowest BCUT2D eigenvalue weighted by Gasteiger charge is -2.31. The zero-order valence-corrected chi connectivity index (χ0v) is 15.2. The normalized spacial score (nSPS) is 19.5. The van der Waals surface area contributed by atoms with E-state index in [4.69, 9.17) is 0 Å². The molecular formula is C20H28N4O. The Labute approximate surface area is 150 Å². The van der Waals surface area contributed by atoms with Crippen molar-refractivity contribution in [3.63, 3.8) is 0 Å². The van der Waals surface area contributed by atoms with Crippen molar-refractivity contribution in [3.8, 4) is 0 Å². The van der Waals surface area contributed by atoms with Gasteiger partial charge >= 0.3 is 0 Å². The molecule has 0 bridgehead atoms. The van der Waals surface area contributed by atoms with Gasteiger partial charge in [-0.05, 0) is 43.4 Å². The summed E-state index contributed by atoms with van der Waals surface area (Å²) >= 11 is 0. The number of likely N-dealkylation sites (tertiary alicyclic amines) is 1. The van der Waals surface area contributed by atoms with Crippen LogP contribution in [0, 0.1) is 5.92 Å². The number of hydrogen-bond acceptors (Lipinski definition) is 3. The average Bonchev–Trinajstić information content (AvgIpc) is 3.15. The lowest BCUT2D eigenvalue weighted by molar-refractivity contribution is -0.124. The molecule has 1 aliphatic rings. The summed E-state index contributed by atoms with van der Waals surface area (Å²) in [5.41, 5.74) is 2.51. The molecule has 0 saturated carbocycles. The maximum atomic E-state index is 12.4. The second-order valence-corrected chi connectivity index (χ2v) is 7.15. The molecule has 0 spiro atoms. The second kappa shape index (κ2) is 8.30. The Hall–Kier alpha value is -2.14. The third-order valence-corrected chi connectivity index (χ3v) is 5.06. The van der Waals surface area contributed by atoms with Crippen LogP contribution in [0.1, 0.15) is 43.9 Å². The van der Waals surface area contributed by atoms with Crippen molar-refractivity contribution < 1.29 is 4.79 Å². The number of aromatic nitrogens is 2. The van der Waals surface area contributed by atoms with Crippen molar-refractivity contribution in [2.75, 3.05) is 13.1 Å². The van der Waals surface area contributed by atoms with Crippen molar-refractivity contribution in [2.45, 2.75) is 45.8 Å². The van der Waals surface area contributed by atoms with Crippen molar-refractivity contribution >= 4 is 5.91 Å². The highest BCUT2D eigenvalue weighted by Gasteiger charge is 2.18. The van der Waals surface area contributed by atoms with Crippen LogP contribution in [0.25, 0.3) is 0 Å². The molecule has 1 aromatic heterocycles. The number of piperidine rings is 1. The Morgan fingerprint density at radius 1 is 1.36 bits per heavy atom. The Bertz CT molecular complexity index is 683. The minimum absolute atomic E-state index is 0.0133. The molecule has 1 saturated heterocycles. The summed E-state index contributed by atoms with van der Waals surface area (Å²) in [6.07, 6.45) is 7.80. The van der Waals surface area contributed by atoms with Crippen LogP contribution >= 0.6 is 0 Å². The molecule has 1 N–H and O–H groups in total. The van der Waals surface area contributed by atoms with Crippen LogP contribution in [0.4, 0.5) is 0 Å². The van der Waals surface area contributed by atoms with Crippen LogP contribution in [0.5, 0.6) is 0 Å². The monoisotopic (exact) mass is 340 g/mol. The molecule has 2 aromatic rings. The average molecular weight is 340 g/mol. The van der Waals surface area contributed by atoms with E-state index >= 15 is 0 Å². The van der Waals surface area contributed by atoms with Gasteiger partial charge in [0, 0.05) is 32.0 Å². The highest BCUT2D eigenvalue weighted by Crippen LogP contribution is 2.19. The molecule has 134 valence electrons. The number of hydrogen-bond donors (Lipinski definition) is 1. The molecule has 0 radical (unpaired) electrons. The number of nitrogens with one attached hydrogen (secondary N) is 1. The molecule has 5 nitrogen and oxygen atoms in total. The summed E-state index contributed by atoms with van der Waals surface area (Å²) in [7, 11) is 0. The van der Waals surface area contributed by atoms with Gasteiger partial charge in [0.05, 0.1) is 6.33 Å². The smallest absolute Gasteiger partial charge is 0.243 e. The van der Waals surface area contributed by atoms with Crippen LogP contribution in [0.15, 0.2) is 43.0 Å². The number of carbonyl (C=O) groups excluding carboxylic acids is 1. The lowest BCUT2D eigenvalue weighted by atomic mass is 9.99. The van der Waals surface area contributed by atoms with Gasteiger partial charge in [-0.25, -0.2) is 4.98 Å². The predicted molar refractivity (Wildman–Crippen MR) is 98.9 cm³/mol. The van der Waals surface area contributed by atoms with Crippen LogP contribution in [-0.2, 0) is 17.9 Å². The van der Waals surface area contributed by atoms with Gasteiger partial charge in [0.15, 0.2) is 0 Å². The molecule has 25 heavy (non-hydrogen) atoms. The van der Waals surface area contributed by atoms with Crippen molar-refractivity contribution in [2.24, 2.45) is 5.92 Å². The van der Waals surface area contributed by atoms with E-state index in [1.165, 1.54) is 37.1 Å². The minimum Gasteiger partial charge on any atom is -0.350 e. The number of benzene rings is 1. The molecule has 1 amide bonds. The fraction of sp³-hybridized carbons (Fsp3) is 0.500. The third-order valence-electron chi connectivity index (χ3n) is 5.06. The summed E-state index contributed by atoms with van der Waals surface area (Å²) in [6, 6.07) is 8.17. The van der Waals surface area contributed by atoms with Crippen LogP contribution in [0.2, 0.25) is 0 Å². The van der Waals surface area contributed by atoms with Crippen molar-refractivity contribution in [1.82, 2.24) is 19.8 Å². The summed E-state index contributed by atoms with van der Waals surface area (Å²) in [6.45, 7) is 8.08. The number of amides is 1. The molecule has 3 rings (SSSR count). The minimum atomic E-state index is -0.252. The van der Waals surface area contributed by atoms with E-state index in [9.17, 15) is 4.79 Å². The highest BCUT2D eigenvalue weighted by molar-refractivity contribution is 5.79. The standard InChI is InChI=1S/C20H28N4O/c1-16-6-5-10-23(13-16)14-19-8-4-3-7-18(19)12-22-20(25)17(2)24-11-9-21-15-24/h3-4,7-9,11,15-17H,5-6,10,12-14H2,1-2H3,(H,22,25). The Morgan fingerprint density at radius 2 is 2.16 bits per heavy atom. The van der Waals surface area contributed by atoms with E-state index < -0.39 is 0 Å². The molecule has 2 unspecified atom stereocenters. The topological polar surface area (TPSA) is 50.2 Å². The Balaban J connectivity index is 1.60. The fourth-order valence-electron chi connectivity index (χ4n) is 3.52. The molecular weight excluding hydrogens is 312 g/mol. The van der Waals surface area contributed by atoms with Gasteiger partial charge in [0.2, 0.25) is 5.91 Å². The van der Waals surface area contributed by atoms with Gasteiger partial charge in [-0.15, -0.1) is 0 Å². The fourth-order valence-corrected chi connectivity index (χ4v) is 3.52.